The van der Waals surface area contributed by atoms with Crippen molar-refractivity contribution in [3.05, 3.63) is 74.9 Å². The maximum Gasteiger partial charge on any atom is 0.337 e. The number of pyridine rings is 1. The standard InChI is InChI=1S/C18H12Cl2F3N3O2/c1-18(8-3-4-11(22)10(19)5-8)13(17(27)28)15(20)26(2)16(25-18)14-12(23)6-9(21)7-24-14/h3-7H,1-2H3,(H,27,28). The van der Waals surface area contributed by atoms with Crippen LogP contribution in [0.25, 0.3) is 0 Å². The van der Waals surface area contributed by atoms with Crippen LogP contribution in [0.2, 0.25) is 5.02 Å². The van der Waals surface area contributed by atoms with E-state index in [0.717, 1.165) is 17.2 Å². The normalized spacial score (nSPS) is 19.7. The fourth-order valence-electron chi connectivity index (χ4n) is 2.90. The van der Waals surface area contributed by atoms with Crippen molar-refractivity contribution in [1.29, 1.82) is 0 Å². The molecule has 10 heteroatoms. The number of nitrogens with zero attached hydrogens (tertiary/aromatic N) is 3. The molecule has 1 aliphatic heterocycles. The monoisotopic (exact) mass is 429 g/mol. The molecule has 1 unspecified atom stereocenters. The summed E-state index contributed by atoms with van der Waals surface area (Å²) in [5.74, 6) is -4.11. The molecule has 0 amide bonds. The van der Waals surface area contributed by atoms with Crippen molar-refractivity contribution in [2.75, 3.05) is 7.05 Å². The third-order valence-electron chi connectivity index (χ3n) is 4.35. The lowest BCUT2D eigenvalue weighted by atomic mass is 9.83. The minimum absolute atomic E-state index is 0.129. The Balaban J connectivity index is 2.30. The minimum atomic E-state index is -1.65. The number of hydrogen-bond acceptors (Lipinski definition) is 4. The number of aliphatic imine (C=N–C) groups is 1. The molecule has 1 aliphatic rings. The highest BCUT2D eigenvalue weighted by Crippen LogP contribution is 2.42. The van der Waals surface area contributed by atoms with Crippen molar-refractivity contribution in [2.24, 2.45) is 4.99 Å². The molecule has 1 aromatic carbocycles. The number of rotatable bonds is 3. The molecule has 28 heavy (non-hydrogen) atoms. The van der Waals surface area contributed by atoms with Crippen LogP contribution < -0.4 is 0 Å². The molecule has 1 aromatic heterocycles. The quantitative estimate of drug-likeness (QED) is 0.738. The van der Waals surface area contributed by atoms with Gasteiger partial charge in [-0.15, -0.1) is 0 Å². The van der Waals surface area contributed by atoms with Gasteiger partial charge in [0.2, 0.25) is 0 Å². The van der Waals surface area contributed by atoms with Crippen LogP contribution in [0, 0.1) is 17.5 Å². The van der Waals surface area contributed by atoms with Gasteiger partial charge < -0.3 is 10.0 Å². The summed E-state index contributed by atoms with van der Waals surface area (Å²) < 4.78 is 41.1. The van der Waals surface area contributed by atoms with Crippen LogP contribution >= 0.6 is 23.2 Å². The van der Waals surface area contributed by atoms with Crippen LogP contribution in [0.3, 0.4) is 0 Å². The first-order valence-corrected chi connectivity index (χ1v) is 8.56. The van der Waals surface area contributed by atoms with Gasteiger partial charge in [0, 0.05) is 13.1 Å². The second-order valence-electron chi connectivity index (χ2n) is 6.15. The largest absolute Gasteiger partial charge is 0.478 e. The first kappa shape index (κ1) is 20.2. The molecule has 146 valence electrons. The number of carboxylic acid groups (broad SMARTS) is 1. The number of hydrogen-bond donors (Lipinski definition) is 1. The maximum atomic E-state index is 14.3. The van der Waals surface area contributed by atoms with Gasteiger partial charge in [-0.2, -0.15) is 0 Å². The number of amidine groups is 1. The van der Waals surface area contributed by atoms with E-state index < -0.39 is 29.0 Å². The zero-order valence-corrected chi connectivity index (χ0v) is 16.0. The second kappa shape index (κ2) is 7.10. The topological polar surface area (TPSA) is 65.8 Å². The van der Waals surface area contributed by atoms with Gasteiger partial charge in [-0.25, -0.2) is 27.9 Å². The Bertz CT molecular complexity index is 1060. The van der Waals surface area contributed by atoms with Gasteiger partial charge in [-0.05, 0) is 24.6 Å². The Morgan fingerprint density at radius 1 is 1.18 bits per heavy atom. The molecule has 0 spiro atoms. The van der Waals surface area contributed by atoms with Crippen molar-refractivity contribution >= 4 is 35.0 Å². The number of aliphatic carboxylic acids is 1. The summed E-state index contributed by atoms with van der Waals surface area (Å²) in [5.41, 5.74) is -2.09. The molecule has 0 saturated carbocycles. The third-order valence-corrected chi connectivity index (χ3v) is 5.08. The number of benzene rings is 1. The van der Waals surface area contributed by atoms with Crippen molar-refractivity contribution in [3.8, 4) is 0 Å². The van der Waals surface area contributed by atoms with Gasteiger partial charge in [0.05, 0.1) is 11.2 Å². The van der Waals surface area contributed by atoms with Gasteiger partial charge in [-0.3, -0.25) is 0 Å². The number of carbonyl (C=O) groups is 1. The molecule has 0 fully saturated rings. The van der Waals surface area contributed by atoms with E-state index in [0.29, 0.717) is 6.07 Å². The predicted molar refractivity (Wildman–Crippen MR) is 97.7 cm³/mol. The van der Waals surface area contributed by atoms with Crippen LogP contribution in [-0.4, -0.2) is 33.8 Å². The van der Waals surface area contributed by atoms with E-state index in [2.05, 4.69) is 9.98 Å². The summed E-state index contributed by atoms with van der Waals surface area (Å²) in [6.07, 6.45) is 0.797. The maximum absolute atomic E-state index is 14.3. The molecule has 1 atom stereocenters. The van der Waals surface area contributed by atoms with Crippen LogP contribution in [-0.2, 0) is 10.3 Å². The van der Waals surface area contributed by atoms with Crippen LogP contribution in [0.4, 0.5) is 13.2 Å². The smallest absolute Gasteiger partial charge is 0.337 e. The predicted octanol–water partition coefficient (Wildman–Crippen LogP) is 4.29. The average Bonchev–Trinajstić information content (AvgIpc) is 2.60. The highest BCUT2D eigenvalue weighted by molar-refractivity contribution is 6.33. The molecule has 0 bridgehead atoms. The van der Waals surface area contributed by atoms with Crippen LogP contribution in [0.5, 0.6) is 0 Å². The average molecular weight is 430 g/mol. The third kappa shape index (κ3) is 3.22. The summed E-state index contributed by atoms with van der Waals surface area (Å²) in [6, 6.07) is 4.19. The zero-order valence-electron chi connectivity index (χ0n) is 14.5. The molecule has 0 saturated heterocycles. The molecule has 1 N–H and O–H groups in total. The summed E-state index contributed by atoms with van der Waals surface area (Å²) in [4.78, 5) is 21.1. The summed E-state index contributed by atoms with van der Waals surface area (Å²) >= 11 is 12.1. The lowest BCUT2D eigenvalue weighted by Crippen LogP contribution is -2.41. The Kier molecular flexibility index (Phi) is 5.12. The van der Waals surface area contributed by atoms with E-state index in [1.807, 2.05) is 0 Å². The molecular formula is C18H12Cl2F3N3O2. The van der Waals surface area contributed by atoms with Gasteiger partial charge in [0.1, 0.15) is 33.6 Å². The second-order valence-corrected chi connectivity index (χ2v) is 6.92. The molecule has 2 aromatic rings. The summed E-state index contributed by atoms with van der Waals surface area (Å²) in [5, 5.41) is 9.20. The van der Waals surface area contributed by atoms with E-state index in [4.69, 9.17) is 23.2 Å². The van der Waals surface area contributed by atoms with E-state index in [1.54, 1.807) is 0 Å². The fraction of sp³-hybridized carbons (Fsp3) is 0.167. The first-order valence-electron chi connectivity index (χ1n) is 7.80. The molecule has 3 rings (SSSR count). The van der Waals surface area contributed by atoms with E-state index in [1.165, 1.54) is 26.1 Å². The van der Waals surface area contributed by atoms with Crippen LogP contribution in [0.1, 0.15) is 18.2 Å². The van der Waals surface area contributed by atoms with Gasteiger partial charge >= 0.3 is 5.97 Å². The Morgan fingerprint density at radius 2 is 1.86 bits per heavy atom. The number of aromatic nitrogens is 1. The van der Waals surface area contributed by atoms with Gasteiger partial charge in [0.15, 0.2) is 11.7 Å². The SMILES string of the molecule is CN1C(c2ncc(F)cc2F)=NC(C)(c2ccc(F)c(Cl)c2)C(C(=O)O)=C1Cl. The van der Waals surface area contributed by atoms with Gasteiger partial charge in [0.25, 0.3) is 0 Å². The summed E-state index contributed by atoms with van der Waals surface area (Å²) in [6.45, 7) is 1.41. The van der Waals surface area contributed by atoms with Crippen molar-refractivity contribution in [2.45, 2.75) is 12.5 Å². The van der Waals surface area contributed by atoms with Crippen LogP contribution in [0.15, 0.2) is 46.2 Å². The Labute approximate surface area is 167 Å². The Morgan fingerprint density at radius 3 is 2.43 bits per heavy atom. The van der Waals surface area contributed by atoms with Crippen molar-refractivity contribution in [1.82, 2.24) is 9.88 Å². The van der Waals surface area contributed by atoms with Crippen molar-refractivity contribution < 1.29 is 23.1 Å². The number of halogens is 5. The summed E-state index contributed by atoms with van der Waals surface area (Å²) in [7, 11) is 1.37. The lowest BCUT2D eigenvalue weighted by Gasteiger charge is -2.36. The zero-order chi connectivity index (χ0) is 20.8. The highest BCUT2D eigenvalue weighted by Gasteiger charge is 2.44. The van der Waals surface area contributed by atoms with Gasteiger partial charge in [-0.1, -0.05) is 29.3 Å². The molecular weight excluding hydrogens is 418 g/mol. The van der Waals surface area contributed by atoms with E-state index in [9.17, 15) is 23.1 Å². The minimum Gasteiger partial charge on any atom is -0.478 e. The van der Waals surface area contributed by atoms with Crippen molar-refractivity contribution in [3.63, 3.8) is 0 Å². The molecule has 0 aliphatic carbocycles. The highest BCUT2D eigenvalue weighted by atomic mass is 35.5. The molecule has 0 radical (unpaired) electrons. The Hall–Kier alpha value is -2.58. The van der Waals surface area contributed by atoms with E-state index >= 15 is 0 Å². The fourth-order valence-corrected chi connectivity index (χ4v) is 3.42. The van der Waals surface area contributed by atoms with E-state index in [-0.39, 0.29) is 32.8 Å². The first-order chi connectivity index (χ1) is 13.1. The lowest BCUT2D eigenvalue weighted by molar-refractivity contribution is -0.133. The molecule has 5 nitrogen and oxygen atoms in total. The molecule has 2 heterocycles. The number of carboxylic acids is 1.